The molecule has 7 heteroatoms. The number of para-hydroxylation sites is 1. The Kier molecular flexibility index (Phi) is 7.63. The normalized spacial score (nSPS) is 19.9. The number of likely N-dealkylation sites (N-methyl/N-ethyl adjacent to an activating group) is 1. The molecular weight excluding hydrogens is 440 g/mol. The predicted molar refractivity (Wildman–Crippen MR) is 137 cm³/mol. The van der Waals surface area contributed by atoms with Crippen LogP contribution in [0, 0.1) is 17.8 Å². The Morgan fingerprint density at radius 3 is 2.43 bits per heavy atom. The van der Waals surface area contributed by atoms with Gasteiger partial charge in [0.15, 0.2) is 0 Å². The number of benzodiazepines with no additional fused rings is 1. The molecule has 1 heterocycles. The van der Waals surface area contributed by atoms with Gasteiger partial charge in [0.2, 0.25) is 18.0 Å². The molecule has 0 aromatic heterocycles. The first kappa shape index (κ1) is 24.6. The van der Waals surface area contributed by atoms with Crippen molar-refractivity contribution in [3.05, 3.63) is 65.7 Å². The largest absolute Gasteiger partial charge is 0.369 e. The number of primary amides is 1. The summed E-state index contributed by atoms with van der Waals surface area (Å²) in [5.74, 6) is -1.85. The average molecular weight is 475 g/mol. The molecule has 3 N–H and O–H groups in total. The molecule has 2 aromatic carbocycles. The zero-order valence-corrected chi connectivity index (χ0v) is 20.4. The van der Waals surface area contributed by atoms with E-state index in [9.17, 15) is 14.4 Å². The molecule has 3 amide bonds. The van der Waals surface area contributed by atoms with Crippen LogP contribution in [-0.4, -0.2) is 36.6 Å². The third-order valence-electron chi connectivity index (χ3n) is 7.41. The molecule has 0 radical (unpaired) electrons. The Morgan fingerprint density at radius 2 is 1.74 bits per heavy atom. The van der Waals surface area contributed by atoms with E-state index in [0.29, 0.717) is 18.1 Å². The second-order valence-corrected chi connectivity index (χ2v) is 9.69. The van der Waals surface area contributed by atoms with E-state index >= 15 is 0 Å². The number of hydrogen-bond acceptors (Lipinski definition) is 4. The SMILES string of the molecule is C[C@@H](C(=O)N[C@H]1N=C(c2ccccc2)c2ccccc2N(C)C1=O)[C@H](CCC1CCCC1)C(N)=O. The number of aliphatic imine (C=N–C) groups is 1. The van der Waals surface area contributed by atoms with E-state index in [4.69, 9.17) is 10.7 Å². The topological polar surface area (TPSA) is 105 Å². The van der Waals surface area contributed by atoms with Gasteiger partial charge in [-0.05, 0) is 24.8 Å². The standard InChI is InChI=1S/C28H34N4O3/c1-18(21(25(29)33)17-16-19-10-6-7-11-19)27(34)31-26-28(35)32(2)23-15-9-8-14-22(23)24(30-26)20-12-4-3-5-13-20/h3-5,8-9,12-15,18-19,21,26H,6-7,10-11,16-17H2,1-2H3,(H2,29,33)(H,31,34)/t18-,21+,26-/m1/s1. The minimum absolute atomic E-state index is 0.342. The number of rotatable bonds is 8. The second-order valence-electron chi connectivity index (χ2n) is 9.69. The minimum Gasteiger partial charge on any atom is -0.369 e. The zero-order valence-electron chi connectivity index (χ0n) is 20.4. The van der Waals surface area contributed by atoms with Gasteiger partial charge in [-0.1, -0.05) is 81.1 Å². The zero-order chi connectivity index (χ0) is 24.9. The van der Waals surface area contributed by atoms with Crippen LogP contribution in [0.4, 0.5) is 5.69 Å². The molecular formula is C28H34N4O3. The molecule has 184 valence electrons. The number of carbonyl (C=O) groups excluding carboxylic acids is 3. The van der Waals surface area contributed by atoms with E-state index in [1.807, 2.05) is 54.6 Å². The number of nitrogens with one attached hydrogen (secondary N) is 1. The Labute approximate surface area is 206 Å². The van der Waals surface area contributed by atoms with Crippen molar-refractivity contribution < 1.29 is 14.4 Å². The second kappa shape index (κ2) is 10.8. The molecule has 7 nitrogen and oxygen atoms in total. The van der Waals surface area contributed by atoms with Gasteiger partial charge in [-0.25, -0.2) is 4.99 Å². The molecule has 0 saturated heterocycles. The summed E-state index contributed by atoms with van der Waals surface area (Å²) in [5, 5.41) is 2.81. The van der Waals surface area contributed by atoms with Gasteiger partial charge in [0.25, 0.3) is 5.91 Å². The summed E-state index contributed by atoms with van der Waals surface area (Å²) in [6.45, 7) is 1.71. The Hall–Kier alpha value is -3.48. The van der Waals surface area contributed by atoms with E-state index in [1.165, 1.54) is 30.6 Å². The smallest absolute Gasteiger partial charge is 0.272 e. The summed E-state index contributed by atoms with van der Waals surface area (Å²) in [6, 6.07) is 17.2. The van der Waals surface area contributed by atoms with Crippen LogP contribution in [0.3, 0.4) is 0 Å². The van der Waals surface area contributed by atoms with Gasteiger partial charge in [0, 0.05) is 30.0 Å². The molecule has 0 unspecified atom stereocenters. The lowest BCUT2D eigenvalue weighted by Gasteiger charge is -2.25. The number of anilines is 1. The van der Waals surface area contributed by atoms with E-state index in [2.05, 4.69) is 5.32 Å². The van der Waals surface area contributed by atoms with Crippen LogP contribution in [0.15, 0.2) is 59.6 Å². The molecule has 4 rings (SSSR count). The molecule has 0 spiro atoms. The van der Waals surface area contributed by atoms with Crippen LogP contribution in [0.5, 0.6) is 0 Å². The highest BCUT2D eigenvalue weighted by molar-refractivity contribution is 6.20. The molecule has 1 aliphatic carbocycles. The van der Waals surface area contributed by atoms with Crippen molar-refractivity contribution in [1.82, 2.24) is 5.32 Å². The van der Waals surface area contributed by atoms with Crippen molar-refractivity contribution in [2.75, 3.05) is 11.9 Å². The van der Waals surface area contributed by atoms with Gasteiger partial charge in [0.1, 0.15) is 0 Å². The first-order valence-electron chi connectivity index (χ1n) is 12.5. The summed E-state index contributed by atoms with van der Waals surface area (Å²) in [6.07, 6.45) is 5.16. The highest BCUT2D eigenvalue weighted by Gasteiger charge is 2.35. The lowest BCUT2D eigenvalue weighted by Crippen LogP contribution is -2.49. The van der Waals surface area contributed by atoms with Crippen LogP contribution >= 0.6 is 0 Å². The monoisotopic (exact) mass is 474 g/mol. The van der Waals surface area contributed by atoms with Crippen molar-refractivity contribution in [1.29, 1.82) is 0 Å². The molecule has 2 aliphatic rings. The molecule has 2 aromatic rings. The highest BCUT2D eigenvalue weighted by Crippen LogP contribution is 2.32. The number of nitrogens with zero attached hydrogens (tertiary/aromatic N) is 2. The lowest BCUT2D eigenvalue weighted by molar-refractivity contribution is -0.134. The fourth-order valence-electron chi connectivity index (χ4n) is 5.24. The maximum absolute atomic E-state index is 13.4. The van der Waals surface area contributed by atoms with Crippen LogP contribution in [0.25, 0.3) is 0 Å². The van der Waals surface area contributed by atoms with E-state index < -0.39 is 29.8 Å². The highest BCUT2D eigenvalue weighted by atomic mass is 16.2. The summed E-state index contributed by atoms with van der Waals surface area (Å²) < 4.78 is 0. The van der Waals surface area contributed by atoms with Crippen molar-refractivity contribution in [2.24, 2.45) is 28.5 Å². The molecule has 1 fully saturated rings. The summed E-state index contributed by atoms with van der Waals surface area (Å²) in [7, 11) is 1.68. The van der Waals surface area contributed by atoms with Gasteiger partial charge in [-0.2, -0.15) is 0 Å². The van der Waals surface area contributed by atoms with E-state index in [0.717, 1.165) is 23.2 Å². The van der Waals surface area contributed by atoms with Gasteiger partial charge < -0.3 is 16.0 Å². The predicted octanol–water partition coefficient (Wildman–Crippen LogP) is 3.65. The Bertz CT molecular complexity index is 1110. The van der Waals surface area contributed by atoms with E-state index in [-0.39, 0.29) is 5.91 Å². The van der Waals surface area contributed by atoms with Crippen molar-refractivity contribution in [2.45, 2.75) is 51.6 Å². The molecule has 0 bridgehead atoms. The Morgan fingerprint density at radius 1 is 1.09 bits per heavy atom. The number of amides is 3. The van der Waals surface area contributed by atoms with Crippen molar-refractivity contribution in [3.63, 3.8) is 0 Å². The minimum atomic E-state index is -1.11. The van der Waals surface area contributed by atoms with Crippen LogP contribution in [-0.2, 0) is 14.4 Å². The number of hydrogen-bond donors (Lipinski definition) is 2. The summed E-state index contributed by atoms with van der Waals surface area (Å²) in [5.41, 5.74) is 8.71. The molecule has 3 atom stereocenters. The Balaban J connectivity index is 1.58. The van der Waals surface area contributed by atoms with Crippen molar-refractivity contribution in [3.8, 4) is 0 Å². The average Bonchev–Trinajstić information content (AvgIpc) is 3.36. The third kappa shape index (κ3) is 5.45. The molecule has 1 aliphatic heterocycles. The van der Waals surface area contributed by atoms with E-state index in [1.54, 1.807) is 14.0 Å². The number of nitrogens with two attached hydrogens (primary N) is 1. The van der Waals surface area contributed by atoms with Crippen LogP contribution in [0.1, 0.15) is 56.6 Å². The molecule has 1 saturated carbocycles. The maximum Gasteiger partial charge on any atom is 0.272 e. The van der Waals surface area contributed by atoms with Gasteiger partial charge >= 0.3 is 0 Å². The van der Waals surface area contributed by atoms with Gasteiger partial charge in [0.05, 0.1) is 11.4 Å². The van der Waals surface area contributed by atoms with Crippen LogP contribution < -0.4 is 16.0 Å². The molecule has 35 heavy (non-hydrogen) atoms. The fraction of sp³-hybridized carbons (Fsp3) is 0.429. The lowest BCUT2D eigenvalue weighted by atomic mass is 9.85. The quantitative estimate of drug-likeness (QED) is 0.610. The van der Waals surface area contributed by atoms with Gasteiger partial charge in [-0.15, -0.1) is 0 Å². The maximum atomic E-state index is 13.4. The number of benzene rings is 2. The number of carbonyl (C=O) groups is 3. The summed E-state index contributed by atoms with van der Waals surface area (Å²) in [4.78, 5) is 45.1. The first-order chi connectivity index (χ1) is 16.9. The van der Waals surface area contributed by atoms with Gasteiger partial charge in [-0.3, -0.25) is 14.4 Å². The third-order valence-corrected chi connectivity index (χ3v) is 7.41. The first-order valence-corrected chi connectivity index (χ1v) is 12.5. The number of fused-ring (bicyclic) bond motifs is 1. The fourth-order valence-corrected chi connectivity index (χ4v) is 5.24. The summed E-state index contributed by atoms with van der Waals surface area (Å²) >= 11 is 0. The van der Waals surface area contributed by atoms with Crippen LogP contribution in [0.2, 0.25) is 0 Å². The van der Waals surface area contributed by atoms with Crippen molar-refractivity contribution >= 4 is 29.1 Å².